The second-order valence-corrected chi connectivity index (χ2v) is 13.4. The minimum absolute atomic E-state index is 0. The van der Waals surface area contributed by atoms with Crippen LogP contribution >= 0.6 is 7.92 Å². The Labute approximate surface area is 212 Å². The fourth-order valence-corrected chi connectivity index (χ4v) is 8.13. The molecule has 0 bridgehead atoms. The standard InChI is InChI=1S/C14H23P.C10H8N2.CF3O.Ag/c1-13(2,3)15(14(4,5)6)12-10-8-7-9-11-12;1-3-7-11-9(5-1)10-6-2-4-8-12-10;2-1(3,4)5;/h7-11H,1-6H3;1-8H;;/q;;-1;+1/p+1. The van der Waals surface area contributed by atoms with Crippen LogP contribution in [0.5, 0.6) is 0 Å². The van der Waals surface area contributed by atoms with E-state index in [2.05, 4.69) is 81.8 Å². The minimum atomic E-state index is -5.25. The maximum Gasteiger partial charge on any atom is 1.00 e. The van der Waals surface area contributed by atoms with Crippen LogP contribution in [0, 0.1) is 0 Å². The summed E-state index contributed by atoms with van der Waals surface area (Å²) in [6.07, 6.45) is -1.71. The normalized spacial score (nSPS) is 11.4. The smallest absolute Gasteiger partial charge is 0.771 e. The van der Waals surface area contributed by atoms with Crippen LogP contribution in [-0.4, -0.2) is 26.6 Å². The Balaban J connectivity index is 0.000000510. The van der Waals surface area contributed by atoms with Crippen LogP contribution in [-0.2, 0) is 22.4 Å². The molecule has 0 saturated heterocycles. The van der Waals surface area contributed by atoms with Gasteiger partial charge in [-0.05, 0) is 77.9 Å². The number of hydrogen-bond donors (Lipinski definition) is 0. The summed E-state index contributed by atoms with van der Waals surface area (Å²) in [4.78, 5) is 8.37. The summed E-state index contributed by atoms with van der Waals surface area (Å²) >= 11 is 0. The average Bonchev–Trinajstić information content (AvgIpc) is 2.67. The van der Waals surface area contributed by atoms with Gasteiger partial charge in [-0.1, -0.05) is 30.3 Å². The summed E-state index contributed by atoms with van der Waals surface area (Å²) in [6.45, 7) is 14.2. The molecular formula is C25H32AgF3N2OP+. The van der Waals surface area contributed by atoms with Crippen LogP contribution in [0.1, 0.15) is 41.5 Å². The van der Waals surface area contributed by atoms with Crippen molar-refractivity contribution >= 4 is 13.2 Å². The first-order valence-corrected chi connectivity index (χ1v) is 11.7. The fraction of sp³-hybridized carbons (Fsp3) is 0.360. The molecule has 0 atom stereocenters. The first-order valence-electron chi connectivity index (χ1n) is 10.2. The molecule has 2 aromatic heterocycles. The molecule has 0 aliphatic heterocycles. The molecule has 0 spiro atoms. The number of rotatable bonds is 2. The van der Waals surface area contributed by atoms with E-state index in [0.717, 1.165) is 11.4 Å². The molecule has 0 saturated carbocycles. The summed E-state index contributed by atoms with van der Waals surface area (Å²) in [5, 5.41) is 10.5. The van der Waals surface area contributed by atoms with Crippen LogP contribution < -0.4 is 10.4 Å². The van der Waals surface area contributed by atoms with Crippen LogP contribution in [0.3, 0.4) is 0 Å². The summed E-state index contributed by atoms with van der Waals surface area (Å²) in [6, 6.07) is 22.6. The van der Waals surface area contributed by atoms with Gasteiger partial charge in [0, 0.05) is 20.3 Å². The molecule has 0 aliphatic carbocycles. The van der Waals surface area contributed by atoms with Crippen LogP contribution in [0.4, 0.5) is 13.2 Å². The van der Waals surface area contributed by atoms with Crippen molar-refractivity contribution in [1.29, 1.82) is 0 Å². The Hall–Kier alpha value is -1.56. The molecule has 3 aromatic rings. The third kappa shape index (κ3) is 13.7. The Morgan fingerprint density at radius 3 is 1.24 bits per heavy atom. The molecule has 2 heterocycles. The van der Waals surface area contributed by atoms with E-state index in [9.17, 15) is 13.2 Å². The third-order valence-corrected chi connectivity index (χ3v) is 8.07. The van der Waals surface area contributed by atoms with Crippen LogP contribution in [0.25, 0.3) is 11.4 Å². The number of nitrogens with zero attached hydrogens (tertiary/aromatic N) is 2. The second kappa shape index (κ2) is 14.0. The molecule has 3 rings (SSSR count). The molecule has 1 aromatic carbocycles. The fourth-order valence-electron chi connectivity index (χ4n) is 3.62. The first-order chi connectivity index (χ1) is 14.7. The third-order valence-electron chi connectivity index (χ3n) is 4.15. The molecule has 8 heteroatoms. The summed E-state index contributed by atoms with van der Waals surface area (Å²) in [5.74, 6) is 0. The molecule has 3 nitrogen and oxygen atoms in total. The molecule has 0 N–H and O–H groups in total. The monoisotopic (exact) mass is 571 g/mol. The summed E-state index contributed by atoms with van der Waals surface area (Å²) < 4.78 is 29.4. The zero-order valence-electron chi connectivity index (χ0n) is 19.7. The SMILES string of the molecule is CC(C)(C)[PH+](c1ccccc1)C(C)(C)C.[Ag+].[O-]C(F)(F)F.c1ccc(-c2ccccn2)nc1. The second-order valence-electron chi connectivity index (χ2n) is 9.12. The molecule has 33 heavy (non-hydrogen) atoms. The van der Waals surface area contributed by atoms with E-state index >= 15 is 0 Å². The van der Waals surface area contributed by atoms with E-state index in [-0.39, 0.29) is 22.4 Å². The minimum Gasteiger partial charge on any atom is -0.771 e. The molecule has 0 fully saturated rings. The number of pyridine rings is 2. The van der Waals surface area contributed by atoms with E-state index in [1.54, 1.807) is 17.7 Å². The Morgan fingerprint density at radius 2 is 0.970 bits per heavy atom. The van der Waals surface area contributed by atoms with Crippen molar-refractivity contribution < 1.29 is 40.7 Å². The number of alkyl halides is 3. The van der Waals surface area contributed by atoms with Crippen molar-refractivity contribution in [2.45, 2.75) is 58.2 Å². The van der Waals surface area contributed by atoms with Gasteiger partial charge in [-0.3, -0.25) is 9.97 Å². The van der Waals surface area contributed by atoms with E-state index < -0.39 is 14.3 Å². The zero-order valence-corrected chi connectivity index (χ0v) is 22.2. The maximum atomic E-state index is 9.80. The molecule has 184 valence electrons. The zero-order chi connectivity index (χ0) is 24.4. The molecular weight excluding hydrogens is 540 g/mol. The van der Waals surface area contributed by atoms with Gasteiger partial charge in [-0.25, -0.2) is 0 Å². The van der Waals surface area contributed by atoms with Gasteiger partial charge in [-0.2, -0.15) is 13.2 Å². The summed E-state index contributed by atoms with van der Waals surface area (Å²) in [5.41, 5.74) is 1.83. The van der Waals surface area contributed by atoms with Crippen molar-refractivity contribution in [3.05, 3.63) is 79.1 Å². The van der Waals surface area contributed by atoms with Crippen LogP contribution in [0.15, 0.2) is 79.1 Å². The Bertz CT molecular complexity index is 841. The van der Waals surface area contributed by atoms with Crippen molar-refractivity contribution in [3.63, 3.8) is 0 Å². The maximum absolute atomic E-state index is 9.80. The molecule has 0 aliphatic rings. The van der Waals surface area contributed by atoms with E-state index in [0.29, 0.717) is 10.3 Å². The van der Waals surface area contributed by atoms with Gasteiger partial charge in [-0.15, -0.1) is 0 Å². The van der Waals surface area contributed by atoms with Crippen molar-refractivity contribution in [3.8, 4) is 11.4 Å². The Morgan fingerprint density at radius 1 is 0.636 bits per heavy atom. The number of benzene rings is 1. The van der Waals surface area contributed by atoms with E-state index in [1.165, 1.54) is 0 Å². The Kier molecular flexibility index (Phi) is 13.3. The van der Waals surface area contributed by atoms with Crippen molar-refractivity contribution in [2.75, 3.05) is 0 Å². The van der Waals surface area contributed by atoms with Gasteiger partial charge in [0.2, 0.25) is 0 Å². The number of halogens is 3. The van der Waals surface area contributed by atoms with E-state index in [1.807, 2.05) is 36.4 Å². The first kappa shape index (κ1) is 31.4. The number of hydrogen-bond acceptors (Lipinski definition) is 3. The van der Waals surface area contributed by atoms with Gasteiger partial charge in [0.15, 0.2) is 0 Å². The number of aromatic nitrogens is 2. The van der Waals surface area contributed by atoms with Crippen LogP contribution in [0.2, 0.25) is 0 Å². The van der Waals surface area contributed by atoms with Gasteiger partial charge >= 0.3 is 28.7 Å². The molecule has 0 amide bonds. The van der Waals surface area contributed by atoms with Crippen molar-refractivity contribution in [2.24, 2.45) is 0 Å². The largest absolute Gasteiger partial charge is 1.00 e. The van der Waals surface area contributed by atoms with Gasteiger partial charge in [0.05, 0.1) is 27.0 Å². The van der Waals surface area contributed by atoms with Gasteiger partial charge in [0.1, 0.15) is 0 Å². The molecule has 0 radical (unpaired) electrons. The quantitative estimate of drug-likeness (QED) is 0.274. The van der Waals surface area contributed by atoms with Gasteiger partial charge < -0.3 is 5.11 Å². The summed E-state index contributed by atoms with van der Waals surface area (Å²) in [7, 11) is -0.553. The van der Waals surface area contributed by atoms with E-state index in [4.69, 9.17) is 5.11 Å². The average molecular weight is 572 g/mol. The van der Waals surface area contributed by atoms with Gasteiger partial charge in [0.25, 0.3) is 0 Å². The van der Waals surface area contributed by atoms with Crippen molar-refractivity contribution in [1.82, 2.24) is 9.97 Å². The predicted molar refractivity (Wildman–Crippen MR) is 127 cm³/mol. The predicted octanol–water partition coefficient (Wildman–Crippen LogP) is 6.13. The topological polar surface area (TPSA) is 48.8 Å². The molecule has 0 unspecified atom stereocenters.